The summed E-state index contributed by atoms with van der Waals surface area (Å²) in [7, 11) is 5.15. The molecule has 0 spiro atoms. The largest absolute Gasteiger partial charge is 0.347 e. The third-order valence-electron chi connectivity index (χ3n) is 3.42. The van der Waals surface area contributed by atoms with Crippen LogP contribution in [-0.4, -0.2) is 66.0 Å². The van der Waals surface area contributed by atoms with Crippen LogP contribution >= 0.6 is 11.6 Å². The van der Waals surface area contributed by atoms with Crippen molar-refractivity contribution in [1.82, 2.24) is 19.7 Å². The lowest BCUT2D eigenvalue weighted by Crippen LogP contribution is -2.59. The van der Waals surface area contributed by atoms with E-state index in [0.29, 0.717) is 30.4 Å². The van der Waals surface area contributed by atoms with Crippen LogP contribution in [0.1, 0.15) is 10.5 Å². The Balaban J connectivity index is 2.26. The highest BCUT2D eigenvalue weighted by atomic mass is 35.5. The summed E-state index contributed by atoms with van der Waals surface area (Å²) in [5.41, 5.74) is 0.494. The Hall–Kier alpha value is -1.53. The number of aryl methyl sites for hydroxylation is 1. The normalized spacial score (nSPS) is 19.0. The van der Waals surface area contributed by atoms with Gasteiger partial charge in [0.05, 0.1) is 5.02 Å². The van der Waals surface area contributed by atoms with Gasteiger partial charge in [-0.1, -0.05) is 11.6 Å². The predicted molar refractivity (Wildman–Crippen MR) is 76.8 cm³/mol. The highest BCUT2D eigenvalue weighted by Crippen LogP contribution is 2.17. The number of hydrogen-bond donors (Lipinski definition) is 1. The van der Waals surface area contributed by atoms with Gasteiger partial charge < -0.3 is 19.7 Å². The van der Waals surface area contributed by atoms with Crippen LogP contribution in [-0.2, 0) is 11.8 Å². The Bertz CT molecular complexity index is 526. The molecule has 0 bridgehead atoms. The van der Waals surface area contributed by atoms with Crippen molar-refractivity contribution in [2.45, 2.75) is 6.04 Å². The van der Waals surface area contributed by atoms with Crippen molar-refractivity contribution >= 4 is 23.4 Å². The van der Waals surface area contributed by atoms with Gasteiger partial charge in [0, 0.05) is 47.0 Å². The molecule has 1 aliphatic heterocycles. The summed E-state index contributed by atoms with van der Waals surface area (Å²) >= 11 is 5.92. The Morgan fingerprint density at radius 3 is 2.70 bits per heavy atom. The minimum atomic E-state index is -0.472. The number of nitrogens with one attached hydrogen (secondary N) is 1. The number of carbonyl (C=O) groups excluding carboxylic acids is 2. The fourth-order valence-electron chi connectivity index (χ4n) is 2.35. The number of carbonyl (C=O) groups is 2. The number of likely N-dealkylation sites (N-methyl/N-ethyl adjacent to an activating group) is 1. The molecule has 110 valence electrons. The highest BCUT2D eigenvalue weighted by Gasteiger charge is 2.34. The zero-order valence-electron chi connectivity index (χ0n) is 11.9. The third kappa shape index (κ3) is 2.81. The number of aromatic nitrogens is 1. The summed E-state index contributed by atoms with van der Waals surface area (Å²) < 4.78 is 1.68. The minimum Gasteiger partial charge on any atom is -0.347 e. The Morgan fingerprint density at radius 2 is 2.15 bits per heavy atom. The molecule has 0 saturated carbocycles. The van der Waals surface area contributed by atoms with Crippen molar-refractivity contribution in [2.24, 2.45) is 7.05 Å². The van der Waals surface area contributed by atoms with Gasteiger partial charge in [-0.05, 0) is 6.07 Å². The van der Waals surface area contributed by atoms with E-state index in [1.165, 1.54) is 4.90 Å². The maximum Gasteiger partial charge on any atom is 0.271 e. The predicted octanol–water partition coefficient (Wildman–Crippen LogP) is 0.181. The van der Waals surface area contributed by atoms with Crippen molar-refractivity contribution < 1.29 is 9.59 Å². The van der Waals surface area contributed by atoms with Gasteiger partial charge in [0.15, 0.2) is 0 Å². The van der Waals surface area contributed by atoms with Gasteiger partial charge in [-0.3, -0.25) is 9.59 Å². The molecule has 6 nitrogen and oxygen atoms in total. The second kappa shape index (κ2) is 5.85. The smallest absolute Gasteiger partial charge is 0.271 e. The van der Waals surface area contributed by atoms with E-state index in [4.69, 9.17) is 11.6 Å². The van der Waals surface area contributed by atoms with Crippen LogP contribution < -0.4 is 5.32 Å². The van der Waals surface area contributed by atoms with Gasteiger partial charge in [-0.2, -0.15) is 0 Å². The molecule has 1 atom stereocenters. The lowest BCUT2D eigenvalue weighted by atomic mass is 10.1. The second-order valence-corrected chi connectivity index (χ2v) is 5.54. The number of hydrogen-bond acceptors (Lipinski definition) is 3. The zero-order valence-corrected chi connectivity index (χ0v) is 12.6. The molecular formula is C13H19ClN4O2. The molecule has 7 heteroatoms. The molecule has 1 fully saturated rings. The molecule has 1 aromatic rings. The molecule has 2 heterocycles. The van der Waals surface area contributed by atoms with E-state index >= 15 is 0 Å². The van der Waals surface area contributed by atoms with Gasteiger partial charge in [0.2, 0.25) is 5.91 Å². The van der Waals surface area contributed by atoms with Crippen LogP contribution in [0.15, 0.2) is 12.3 Å². The van der Waals surface area contributed by atoms with E-state index in [2.05, 4.69) is 5.32 Å². The molecule has 1 N–H and O–H groups in total. The van der Waals surface area contributed by atoms with E-state index in [1.54, 1.807) is 42.9 Å². The lowest BCUT2D eigenvalue weighted by molar-refractivity contribution is -0.134. The Morgan fingerprint density at radius 1 is 1.45 bits per heavy atom. The van der Waals surface area contributed by atoms with Gasteiger partial charge in [0.1, 0.15) is 11.7 Å². The maximum absolute atomic E-state index is 12.6. The number of amides is 2. The van der Waals surface area contributed by atoms with Crippen molar-refractivity contribution in [3.05, 3.63) is 23.0 Å². The average molecular weight is 299 g/mol. The minimum absolute atomic E-state index is 0.0779. The number of halogens is 1. The molecule has 0 aliphatic carbocycles. The van der Waals surface area contributed by atoms with Gasteiger partial charge in [-0.25, -0.2) is 0 Å². The SMILES string of the molecule is CN(C)C(=O)C1CNCCN1C(=O)c1cc(Cl)cn1C. The molecule has 1 aromatic heterocycles. The zero-order chi connectivity index (χ0) is 14.9. The molecule has 1 unspecified atom stereocenters. The summed E-state index contributed by atoms with van der Waals surface area (Å²) in [6, 6.07) is 1.16. The first kappa shape index (κ1) is 14.9. The van der Waals surface area contributed by atoms with Crippen LogP contribution in [0.4, 0.5) is 0 Å². The van der Waals surface area contributed by atoms with Crippen molar-refractivity contribution in [1.29, 1.82) is 0 Å². The Kier molecular flexibility index (Phi) is 4.35. The summed E-state index contributed by atoms with van der Waals surface area (Å²) in [6.07, 6.45) is 1.68. The van der Waals surface area contributed by atoms with E-state index in [-0.39, 0.29) is 11.8 Å². The fraction of sp³-hybridized carbons (Fsp3) is 0.538. The molecule has 2 amide bonds. The number of nitrogens with zero attached hydrogens (tertiary/aromatic N) is 3. The van der Waals surface area contributed by atoms with Crippen LogP contribution in [0, 0.1) is 0 Å². The summed E-state index contributed by atoms with van der Waals surface area (Å²) in [4.78, 5) is 27.9. The molecular weight excluding hydrogens is 280 g/mol. The molecule has 20 heavy (non-hydrogen) atoms. The van der Waals surface area contributed by atoms with Crippen LogP contribution in [0.5, 0.6) is 0 Å². The maximum atomic E-state index is 12.6. The standard InChI is InChI=1S/C13H19ClN4O2/c1-16(2)12(19)11-7-15-4-5-18(11)13(20)10-6-9(14)8-17(10)3/h6,8,11,15H,4-5,7H2,1-3H3. The van der Waals surface area contributed by atoms with E-state index in [0.717, 1.165) is 0 Å². The first-order chi connectivity index (χ1) is 9.41. The topological polar surface area (TPSA) is 57.6 Å². The molecule has 2 rings (SSSR count). The third-order valence-corrected chi connectivity index (χ3v) is 3.63. The summed E-state index contributed by atoms with van der Waals surface area (Å²) in [6.45, 7) is 1.66. The molecule has 0 radical (unpaired) electrons. The van der Waals surface area contributed by atoms with Crippen molar-refractivity contribution in [3.8, 4) is 0 Å². The van der Waals surface area contributed by atoms with Crippen molar-refractivity contribution in [3.63, 3.8) is 0 Å². The summed E-state index contributed by atoms with van der Waals surface area (Å²) in [5, 5.41) is 3.67. The fourth-order valence-corrected chi connectivity index (χ4v) is 2.60. The average Bonchev–Trinajstić information content (AvgIpc) is 2.76. The van der Waals surface area contributed by atoms with Gasteiger partial charge in [-0.15, -0.1) is 0 Å². The van der Waals surface area contributed by atoms with Gasteiger partial charge in [0.25, 0.3) is 5.91 Å². The Labute approximate surface area is 123 Å². The monoisotopic (exact) mass is 298 g/mol. The number of rotatable bonds is 2. The first-order valence-corrected chi connectivity index (χ1v) is 6.84. The second-order valence-electron chi connectivity index (χ2n) is 5.11. The number of piperazine rings is 1. The van der Waals surface area contributed by atoms with Crippen LogP contribution in [0.3, 0.4) is 0 Å². The van der Waals surface area contributed by atoms with Crippen LogP contribution in [0.2, 0.25) is 5.02 Å². The van der Waals surface area contributed by atoms with Crippen molar-refractivity contribution in [2.75, 3.05) is 33.7 Å². The molecule has 1 aliphatic rings. The molecule has 1 saturated heterocycles. The van der Waals surface area contributed by atoms with E-state index in [9.17, 15) is 9.59 Å². The quantitative estimate of drug-likeness (QED) is 0.847. The van der Waals surface area contributed by atoms with E-state index in [1.807, 2.05) is 0 Å². The lowest BCUT2D eigenvalue weighted by Gasteiger charge is -2.36. The van der Waals surface area contributed by atoms with Crippen LogP contribution in [0.25, 0.3) is 0 Å². The highest BCUT2D eigenvalue weighted by molar-refractivity contribution is 6.31. The summed E-state index contributed by atoms with van der Waals surface area (Å²) in [5.74, 6) is -0.244. The molecule has 0 aromatic carbocycles. The van der Waals surface area contributed by atoms with Gasteiger partial charge >= 0.3 is 0 Å². The van der Waals surface area contributed by atoms with E-state index < -0.39 is 6.04 Å². The first-order valence-electron chi connectivity index (χ1n) is 6.46.